The van der Waals surface area contributed by atoms with Crippen LogP contribution >= 0.6 is 11.8 Å². The first kappa shape index (κ1) is 10.4. The normalized spacial score (nSPS) is 10.8. The molecule has 3 heteroatoms. The standard InChI is InChI=1S/C12H14O2S/c1-3-9-11(5-7-13-9)15-12-6-8-14-10(12)4-2/h5-8H,3-4H2,1-2H3. The summed E-state index contributed by atoms with van der Waals surface area (Å²) in [5.41, 5.74) is 0. The van der Waals surface area contributed by atoms with Crippen molar-refractivity contribution in [2.45, 2.75) is 36.5 Å². The fraction of sp³-hybridized carbons (Fsp3) is 0.333. The minimum absolute atomic E-state index is 0.925. The Morgan fingerprint density at radius 1 is 0.933 bits per heavy atom. The van der Waals surface area contributed by atoms with Crippen LogP contribution in [0.3, 0.4) is 0 Å². The molecule has 2 aromatic heterocycles. The molecule has 0 radical (unpaired) electrons. The molecular weight excluding hydrogens is 208 g/mol. The van der Waals surface area contributed by atoms with Gasteiger partial charge in [-0.05, 0) is 12.1 Å². The molecule has 0 amide bonds. The van der Waals surface area contributed by atoms with E-state index in [9.17, 15) is 0 Å². The van der Waals surface area contributed by atoms with Crippen LogP contribution in [0.5, 0.6) is 0 Å². The van der Waals surface area contributed by atoms with Crippen LogP contribution in [0.25, 0.3) is 0 Å². The van der Waals surface area contributed by atoms with Crippen molar-refractivity contribution >= 4 is 11.8 Å². The van der Waals surface area contributed by atoms with Gasteiger partial charge in [-0.1, -0.05) is 25.6 Å². The summed E-state index contributed by atoms with van der Waals surface area (Å²) in [5.74, 6) is 2.09. The van der Waals surface area contributed by atoms with Crippen LogP contribution in [-0.2, 0) is 12.8 Å². The van der Waals surface area contributed by atoms with Gasteiger partial charge in [0.2, 0.25) is 0 Å². The molecule has 0 spiro atoms. The van der Waals surface area contributed by atoms with Crippen LogP contribution in [0.2, 0.25) is 0 Å². The summed E-state index contributed by atoms with van der Waals surface area (Å²) >= 11 is 1.72. The maximum absolute atomic E-state index is 5.38. The molecule has 80 valence electrons. The third-order valence-electron chi connectivity index (χ3n) is 2.27. The van der Waals surface area contributed by atoms with E-state index >= 15 is 0 Å². The minimum Gasteiger partial charge on any atom is -0.468 e. The number of aryl methyl sites for hydroxylation is 2. The van der Waals surface area contributed by atoms with E-state index in [0.29, 0.717) is 0 Å². The van der Waals surface area contributed by atoms with Crippen molar-refractivity contribution < 1.29 is 8.83 Å². The van der Waals surface area contributed by atoms with Crippen molar-refractivity contribution in [3.8, 4) is 0 Å². The van der Waals surface area contributed by atoms with E-state index in [1.54, 1.807) is 24.3 Å². The van der Waals surface area contributed by atoms with Crippen LogP contribution in [0, 0.1) is 0 Å². The maximum atomic E-state index is 5.38. The summed E-state index contributed by atoms with van der Waals surface area (Å²) in [4.78, 5) is 2.38. The first-order valence-corrected chi connectivity index (χ1v) is 5.97. The fourth-order valence-electron chi connectivity index (χ4n) is 1.47. The topological polar surface area (TPSA) is 26.3 Å². The number of hydrogen-bond acceptors (Lipinski definition) is 3. The molecule has 0 N–H and O–H groups in total. The Kier molecular flexibility index (Phi) is 3.21. The molecular formula is C12H14O2S. The highest BCUT2D eigenvalue weighted by Gasteiger charge is 2.10. The monoisotopic (exact) mass is 222 g/mol. The highest BCUT2D eigenvalue weighted by Crippen LogP contribution is 2.34. The second-order valence-corrected chi connectivity index (χ2v) is 4.31. The van der Waals surface area contributed by atoms with E-state index in [-0.39, 0.29) is 0 Å². The van der Waals surface area contributed by atoms with E-state index < -0.39 is 0 Å². The summed E-state index contributed by atoms with van der Waals surface area (Å²) < 4.78 is 10.8. The Hall–Kier alpha value is -1.09. The van der Waals surface area contributed by atoms with Crippen molar-refractivity contribution in [2.24, 2.45) is 0 Å². The summed E-state index contributed by atoms with van der Waals surface area (Å²) in [5, 5.41) is 0. The van der Waals surface area contributed by atoms with Gasteiger partial charge in [-0.25, -0.2) is 0 Å². The lowest BCUT2D eigenvalue weighted by Gasteiger charge is -1.99. The molecule has 0 atom stereocenters. The molecule has 0 aliphatic rings. The lowest BCUT2D eigenvalue weighted by atomic mass is 10.4. The summed E-state index contributed by atoms with van der Waals surface area (Å²) in [6, 6.07) is 4.02. The van der Waals surface area contributed by atoms with E-state index in [1.807, 2.05) is 12.1 Å². The summed E-state index contributed by atoms with van der Waals surface area (Å²) in [6.45, 7) is 4.19. The highest BCUT2D eigenvalue weighted by atomic mass is 32.2. The van der Waals surface area contributed by atoms with Crippen molar-refractivity contribution in [1.29, 1.82) is 0 Å². The van der Waals surface area contributed by atoms with Crippen LogP contribution in [-0.4, -0.2) is 0 Å². The molecule has 2 nitrogen and oxygen atoms in total. The van der Waals surface area contributed by atoms with Crippen molar-refractivity contribution in [3.05, 3.63) is 36.2 Å². The van der Waals surface area contributed by atoms with E-state index in [1.165, 1.54) is 9.79 Å². The van der Waals surface area contributed by atoms with Gasteiger partial charge in [-0.15, -0.1) is 0 Å². The van der Waals surface area contributed by atoms with Crippen LogP contribution in [0.15, 0.2) is 43.3 Å². The average molecular weight is 222 g/mol. The second kappa shape index (κ2) is 4.62. The molecule has 0 unspecified atom stereocenters. The molecule has 0 bridgehead atoms. The zero-order valence-corrected chi connectivity index (χ0v) is 9.76. The quantitative estimate of drug-likeness (QED) is 0.777. The Morgan fingerprint density at radius 2 is 1.40 bits per heavy atom. The zero-order chi connectivity index (χ0) is 10.7. The second-order valence-electron chi connectivity index (χ2n) is 3.23. The average Bonchev–Trinajstić information content (AvgIpc) is 2.87. The molecule has 0 aromatic carbocycles. The third-order valence-corrected chi connectivity index (χ3v) is 3.44. The maximum Gasteiger partial charge on any atom is 0.117 e. The van der Waals surface area contributed by atoms with Gasteiger partial charge in [0.05, 0.1) is 22.3 Å². The van der Waals surface area contributed by atoms with Crippen LogP contribution in [0.1, 0.15) is 25.4 Å². The predicted octanol–water partition coefficient (Wildman–Crippen LogP) is 4.15. The first-order valence-electron chi connectivity index (χ1n) is 5.15. The van der Waals surface area contributed by atoms with Crippen LogP contribution < -0.4 is 0 Å². The van der Waals surface area contributed by atoms with Crippen LogP contribution in [0.4, 0.5) is 0 Å². The molecule has 0 saturated heterocycles. The van der Waals surface area contributed by atoms with Gasteiger partial charge in [-0.2, -0.15) is 0 Å². The summed E-state index contributed by atoms with van der Waals surface area (Å²) in [6.07, 6.45) is 5.34. The SMILES string of the molecule is CCc1occc1Sc1ccoc1CC. The first-order chi connectivity index (χ1) is 7.35. The molecule has 0 fully saturated rings. The predicted molar refractivity (Wildman–Crippen MR) is 60.3 cm³/mol. The van der Waals surface area contributed by atoms with Gasteiger partial charge in [0.15, 0.2) is 0 Å². The molecule has 2 heterocycles. The van der Waals surface area contributed by atoms with Gasteiger partial charge in [0.1, 0.15) is 11.5 Å². The van der Waals surface area contributed by atoms with Gasteiger partial charge in [0, 0.05) is 12.8 Å². The van der Waals surface area contributed by atoms with E-state index in [2.05, 4.69) is 13.8 Å². The molecule has 0 aliphatic carbocycles. The van der Waals surface area contributed by atoms with E-state index in [4.69, 9.17) is 8.83 Å². The minimum atomic E-state index is 0.925. The highest BCUT2D eigenvalue weighted by molar-refractivity contribution is 7.99. The molecule has 2 rings (SSSR count). The van der Waals surface area contributed by atoms with Crippen molar-refractivity contribution in [2.75, 3.05) is 0 Å². The Morgan fingerprint density at radius 3 is 1.80 bits per heavy atom. The molecule has 15 heavy (non-hydrogen) atoms. The summed E-state index contributed by atoms with van der Waals surface area (Å²) in [7, 11) is 0. The fourth-order valence-corrected chi connectivity index (χ4v) is 2.57. The zero-order valence-electron chi connectivity index (χ0n) is 8.95. The molecule has 2 aromatic rings. The lowest BCUT2D eigenvalue weighted by Crippen LogP contribution is -1.80. The van der Waals surface area contributed by atoms with Gasteiger partial charge in [-0.3, -0.25) is 0 Å². The van der Waals surface area contributed by atoms with Gasteiger partial charge >= 0.3 is 0 Å². The van der Waals surface area contributed by atoms with Crippen molar-refractivity contribution in [3.63, 3.8) is 0 Å². The Labute approximate surface area is 93.7 Å². The lowest BCUT2D eigenvalue weighted by molar-refractivity contribution is 0.506. The molecule has 0 aliphatic heterocycles. The third kappa shape index (κ3) is 2.12. The smallest absolute Gasteiger partial charge is 0.117 e. The number of hydrogen-bond donors (Lipinski definition) is 0. The largest absolute Gasteiger partial charge is 0.468 e. The van der Waals surface area contributed by atoms with Crippen molar-refractivity contribution in [1.82, 2.24) is 0 Å². The number of rotatable bonds is 4. The van der Waals surface area contributed by atoms with E-state index in [0.717, 1.165) is 24.4 Å². The number of furan rings is 2. The van der Waals surface area contributed by atoms with Gasteiger partial charge in [0.25, 0.3) is 0 Å². The Balaban J connectivity index is 2.21. The Bertz CT molecular complexity index is 388. The van der Waals surface area contributed by atoms with Gasteiger partial charge < -0.3 is 8.83 Å². The molecule has 0 saturated carbocycles.